The minimum Gasteiger partial charge on any atom is -0.487 e. The standard InChI is InChI=1S/C18H27NO/c1-18(2)12-14-8-7-9-15(17(14)20-18)13-19-16-10-5-3-4-6-11-16/h7-9,16,19H,3-6,10-13H2,1-2H3. The molecule has 1 aliphatic heterocycles. The molecule has 2 aliphatic rings. The van der Waals surface area contributed by atoms with E-state index in [9.17, 15) is 0 Å². The summed E-state index contributed by atoms with van der Waals surface area (Å²) in [6.45, 7) is 5.30. The van der Waals surface area contributed by atoms with Crippen molar-refractivity contribution in [1.29, 1.82) is 0 Å². The number of para-hydroxylation sites is 1. The van der Waals surface area contributed by atoms with Crippen molar-refractivity contribution >= 4 is 0 Å². The summed E-state index contributed by atoms with van der Waals surface area (Å²) in [7, 11) is 0. The normalized spacial score (nSPS) is 22.1. The molecule has 3 rings (SSSR count). The minimum absolute atomic E-state index is 0.0409. The maximum Gasteiger partial charge on any atom is 0.127 e. The molecule has 2 heteroatoms. The van der Waals surface area contributed by atoms with Crippen molar-refractivity contribution in [2.45, 2.75) is 77.0 Å². The first-order valence-electron chi connectivity index (χ1n) is 8.17. The van der Waals surface area contributed by atoms with Crippen molar-refractivity contribution in [3.8, 4) is 5.75 Å². The fraction of sp³-hybridized carbons (Fsp3) is 0.667. The van der Waals surface area contributed by atoms with E-state index in [1.165, 1.54) is 49.7 Å². The van der Waals surface area contributed by atoms with Gasteiger partial charge in [0.15, 0.2) is 0 Å². The molecule has 0 aromatic heterocycles. The van der Waals surface area contributed by atoms with E-state index >= 15 is 0 Å². The van der Waals surface area contributed by atoms with E-state index < -0.39 is 0 Å². The molecule has 0 atom stereocenters. The summed E-state index contributed by atoms with van der Waals surface area (Å²) in [5, 5.41) is 3.75. The second-order valence-corrected chi connectivity index (χ2v) is 7.01. The molecule has 1 heterocycles. The molecule has 0 unspecified atom stereocenters. The van der Waals surface area contributed by atoms with Crippen molar-refractivity contribution < 1.29 is 4.74 Å². The maximum atomic E-state index is 6.15. The van der Waals surface area contributed by atoms with Crippen molar-refractivity contribution in [3.05, 3.63) is 29.3 Å². The average molecular weight is 273 g/mol. The number of nitrogens with one attached hydrogen (secondary N) is 1. The smallest absolute Gasteiger partial charge is 0.127 e. The van der Waals surface area contributed by atoms with Crippen molar-refractivity contribution in [1.82, 2.24) is 5.32 Å². The number of hydrogen-bond acceptors (Lipinski definition) is 2. The van der Waals surface area contributed by atoms with Crippen LogP contribution in [0.1, 0.15) is 63.5 Å². The van der Waals surface area contributed by atoms with Crippen molar-refractivity contribution in [2.75, 3.05) is 0 Å². The Hall–Kier alpha value is -1.02. The first kappa shape index (κ1) is 13.9. The van der Waals surface area contributed by atoms with Gasteiger partial charge in [0.2, 0.25) is 0 Å². The monoisotopic (exact) mass is 273 g/mol. The summed E-state index contributed by atoms with van der Waals surface area (Å²) in [6.07, 6.45) is 9.29. The lowest BCUT2D eigenvalue weighted by atomic mass is 10.0. The van der Waals surface area contributed by atoms with Crippen LogP contribution in [0.3, 0.4) is 0 Å². The third kappa shape index (κ3) is 3.17. The molecule has 0 radical (unpaired) electrons. The Morgan fingerprint density at radius 3 is 2.65 bits per heavy atom. The Morgan fingerprint density at radius 1 is 1.15 bits per heavy atom. The first-order valence-corrected chi connectivity index (χ1v) is 8.17. The fourth-order valence-corrected chi connectivity index (χ4v) is 3.56. The molecule has 1 saturated carbocycles. The van der Waals surface area contributed by atoms with E-state index in [1.807, 2.05) is 0 Å². The number of ether oxygens (including phenoxy) is 1. The average Bonchev–Trinajstić information content (AvgIpc) is 2.60. The van der Waals surface area contributed by atoms with Gasteiger partial charge in [0.05, 0.1) is 0 Å². The lowest BCUT2D eigenvalue weighted by Gasteiger charge is -2.20. The molecule has 1 N–H and O–H groups in total. The van der Waals surface area contributed by atoms with E-state index in [1.54, 1.807) is 0 Å². The molecule has 0 amide bonds. The van der Waals surface area contributed by atoms with Gasteiger partial charge in [-0.1, -0.05) is 43.9 Å². The quantitative estimate of drug-likeness (QED) is 0.833. The predicted molar refractivity (Wildman–Crippen MR) is 83.2 cm³/mol. The van der Waals surface area contributed by atoms with E-state index in [0.717, 1.165) is 18.7 Å². The third-order valence-corrected chi connectivity index (χ3v) is 4.61. The van der Waals surface area contributed by atoms with Gasteiger partial charge in [-0.05, 0) is 32.3 Å². The van der Waals surface area contributed by atoms with Gasteiger partial charge in [0, 0.05) is 24.6 Å². The zero-order valence-corrected chi connectivity index (χ0v) is 12.9. The number of fused-ring (bicyclic) bond motifs is 1. The Balaban J connectivity index is 1.65. The number of benzene rings is 1. The molecular weight excluding hydrogens is 246 g/mol. The van der Waals surface area contributed by atoms with E-state index in [2.05, 4.69) is 37.4 Å². The van der Waals surface area contributed by atoms with E-state index in [4.69, 9.17) is 4.74 Å². The van der Waals surface area contributed by atoms with Crippen LogP contribution in [0, 0.1) is 0 Å². The lowest BCUT2D eigenvalue weighted by Crippen LogP contribution is -2.28. The van der Waals surface area contributed by atoms with Gasteiger partial charge < -0.3 is 10.1 Å². The minimum atomic E-state index is -0.0409. The lowest BCUT2D eigenvalue weighted by molar-refractivity contribution is 0.137. The van der Waals surface area contributed by atoms with Gasteiger partial charge in [-0.2, -0.15) is 0 Å². The molecule has 1 aliphatic carbocycles. The molecule has 1 aromatic rings. The van der Waals surface area contributed by atoms with Gasteiger partial charge in [-0.25, -0.2) is 0 Å². The fourth-order valence-electron chi connectivity index (χ4n) is 3.56. The summed E-state index contributed by atoms with van der Waals surface area (Å²) in [5.41, 5.74) is 2.66. The highest BCUT2D eigenvalue weighted by Gasteiger charge is 2.31. The predicted octanol–water partition coefficient (Wildman–Crippen LogP) is 4.21. The van der Waals surface area contributed by atoms with E-state index in [-0.39, 0.29) is 5.60 Å². The summed E-state index contributed by atoms with van der Waals surface area (Å²) in [4.78, 5) is 0. The molecule has 20 heavy (non-hydrogen) atoms. The summed E-state index contributed by atoms with van der Waals surface area (Å²) in [5.74, 6) is 1.14. The summed E-state index contributed by atoms with van der Waals surface area (Å²) in [6, 6.07) is 7.29. The van der Waals surface area contributed by atoms with Gasteiger partial charge in [0.1, 0.15) is 11.4 Å². The Labute approximate surface area is 122 Å². The SMILES string of the molecule is CC1(C)Cc2cccc(CNC3CCCCCC3)c2O1. The Kier molecular flexibility index (Phi) is 4.02. The van der Waals surface area contributed by atoms with E-state index in [0.29, 0.717) is 6.04 Å². The van der Waals surface area contributed by atoms with Gasteiger partial charge in [-0.3, -0.25) is 0 Å². The highest BCUT2D eigenvalue weighted by atomic mass is 16.5. The van der Waals surface area contributed by atoms with Crippen LogP contribution in [0.2, 0.25) is 0 Å². The molecule has 1 fully saturated rings. The first-order chi connectivity index (χ1) is 9.64. The molecule has 2 nitrogen and oxygen atoms in total. The van der Waals surface area contributed by atoms with Crippen LogP contribution in [-0.4, -0.2) is 11.6 Å². The molecule has 1 aromatic carbocycles. The molecular formula is C18H27NO. The van der Waals surface area contributed by atoms with Crippen LogP contribution < -0.4 is 10.1 Å². The van der Waals surface area contributed by atoms with Crippen LogP contribution in [0.15, 0.2) is 18.2 Å². The highest BCUT2D eigenvalue weighted by molar-refractivity contribution is 5.45. The number of rotatable bonds is 3. The molecule has 0 spiro atoms. The van der Waals surface area contributed by atoms with Crippen LogP contribution in [-0.2, 0) is 13.0 Å². The van der Waals surface area contributed by atoms with Crippen LogP contribution in [0.5, 0.6) is 5.75 Å². The molecule has 0 saturated heterocycles. The highest BCUT2D eigenvalue weighted by Crippen LogP contribution is 2.37. The van der Waals surface area contributed by atoms with Crippen molar-refractivity contribution in [2.24, 2.45) is 0 Å². The topological polar surface area (TPSA) is 21.3 Å². The molecule has 110 valence electrons. The largest absolute Gasteiger partial charge is 0.487 e. The Bertz CT molecular complexity index is 458. The van der Waals surface area contributed by atoms with Gasteiger partial charge >= 0.3 is 0 Å². The van der Waals surface area contributed by atoms with Gasteiger partial charge in [0.25, 0.3) is 0 Å². The van der Waals surface area contributed by atoms with Gasteiger partial charge in [-0.15, -0.1) is 0 Å². The van der Waals surface area contributed by atoms with Crippen LogP contribution in [0.25, 0.3) is 0 Å². The summed E-state index contributed by atoms with van der Waals surface area (Å²) < 4.78 is 6.15. The zero-order chi connectivity index (χ0) is 14.0. The van der Waals surface area contributed by atoms with Crippen LogP contribution >= 0.6 is 0 Å². The van der Waals surface area contributed by atoms with Crippen LogP contribution in [0.4, 0.5) is 0 Å². The second-order valence-electron chi connectivity index (χ2n) is 7.01. The Morgan fingerprint density at radius 2 is 1.90 bits per heavy atom. The summed E-state index contributed by atoms with van der Waals surface area (Å²) >= 11 is 0. The number of hydrogen-bond donors (Lipinski definition) is 1. The van der Waals surface area contributed by atoms with Crippen molar-refractivity contribution in [3.63, 3.8) is 0 Å². The third-order valence-electron chi connectivity index (χ3n) is 4.61. The molecule has 0 bridgehead atoms. The zero-order valence-electron chi connectivity index (χ0n) is 12.9. The maximum absolute atomic E-state index is 6.15. The second kappa shape index (κ2) is 5.77.